The molecule has 2 aliphatic rings. The van der Waals surface area contributed by atoms with Crippen LogP contribution >= 0.6 is 0 Å². The third-order valence-corrected chi connectivity index (χ3v) is 3.99. The number of nitrogens with one attached hydrogen (secondary N) is 1. The number of nitrogens with zero attached hydrogens (tertiary/aromatic N) is 1. The van der Waals surface area contributed by atoms with Gasteiger partial charge in [-0.15, -0.1) is 0 Å². The lowest BCUT2D eigenvalue weighted by molar-refractivity contribution is -0.134. The quantitative estimate of drug-likeness (QED) is 0.860. The smallest absolute Gasteiger partial charge is 0.260 e. The fraction of sp³-hybridized carbons (Fsp3) is 0.562. The SMILES string of the molecule is O=C(COc1ccccc1)N(C[C@@H]1CCCN1)C1CC1. The van der Waals surface area contributed by atoms with E-state index in [4.69, 9.17) is 4.74 Å². The third-order valence-electron chi connectivity index (χ3n) is 3.99. The van der Waals surface area contributed by atoms with Crippen LogP contribution in [0, 0.1) is 0 Å². The number of carbonyl (C=O) groups excluding carboxylic acids is 1. The minimum absolute atomic E-state index is 0.116. The van der Waals surface area contributed by atoms with Gasteiger partial charge < -0.3 is 15.0 Å². The van der Waals surface area contributed by atoms with Gasteiger partial charge in [-0.25, -0.2) is 0 Å². The molecule has 1 N–H and O–H groups in total. The van der Waals surface area contributed by atoms with Crippen LogP contribution in [-0.4, -0.2) is 42.6 Å². The molecule has 108 valence electrons. The first-order valence-electron chi connectivity index (χ1n) is 7.53. The highest BCUT2D eigenvalue weighted by Crippen LogP contribution is 2.28. The second kappa shape index (κ2) is 6.27. The summed E-state index contributed by atoms with van der Waals surface area (Å²) in [6, 6.07) is 10.5. The van der Waals surface area contributed by atoms with Crippen molar-refractivity contribution in [2.24, 2.45) is 0 Å². The number of rotatable bonds is 6. The average Bonchev–Trinajstić information content (AvgIpc) is 3.20. The minimum atomic E-state index is 0.116. The fourth-order valence-electron chi connectivity index (χ4n) is 2.74. The Morgan fingerprint density at radius 3 is 2.70 bits per heavy atom. The van der Waals surface area contributed by atoms with E-state index in [0.29, 0.717) is 12.1 Å². The number of para-hydroxylation sites is 1. The van der Waals surface area contributed by atoms with Gasteiger partial charge in [0.25, 0.3) is 5.91 Å². The topological polar surface area (TPSA) is 41.6 Å². The maximum Gasteiger partial charge on any atom is 0.260 e. The summed E-state index contributed by atoms with van der Waals surface area (Å²) in [7, 11) is 0. The average molecular weight is 274 g/mol. The number of hydrogen-bond donors (Lipinski definition) is 1. The van der Waals surface area contributed by atoms with E-state index < -0.39 is 0 Å². The molecule has 4 nitrogen and oxygen atoms in total. The van der Waals surface area contributed by atoms with Crippen molar-refractivity contribution in [2.45, 2.75) is 37.8 Å². The molecule has 1 aromatic carbocycles. The van der Waals surface area contributed by atoms with Crippen molar-refractivity contribution >= 4 is 5.91 Å². The number of benzene rings is 1. The predicted octanol–water partition coefficient (Wildman–Crippen LogP) is 1.81. The van der Waals surface area contributed by atoms with Gasteiger partial charge in [-0.05, 0) is 44.4 Å². The van der Waals surface area contributed by atoms with Crippen LogP contribution in [0.4, 0.5) is 0 Å². The molecule has 3 rings (SSSR count). The Bertz CT molecular complexity index is 439. The molecule has 0 bridgehead atoms. The summed E-state index contributed by atoms with van der Waals surface area (Å²) in [5, 5.41) is 3.46. The molecule has 1 atom stereocenters. The van der Waals surface area contributed by atoms with Crippen molar-refractivity contribution in [3.05, 3.63) is 30.3 Å². The first-order valence-corrected chi connectivity index (χ1v) is 7.53. The minimum Gasteiger partial charge on any atom is -0.484 e. The number of amides is 1. The molecule has 0 unspecified atom stereocenters. The highest BCUT2D eigenvalue weighted by Gasteiger charge is 2.34. The van der Waals surface area contributed by atoms with Crippen LogP contribution in [0.25, 0.3) is 0 Å². The largest absolute Gasteiger partial charge is 0.484 e. The summed E-state index contributed by atoms with van der Waals surface area (Å²) in [6.07, 6.45) is 4.68. The summed E-state index contributed by atoms with van der Waals surface area (Å²) < 4.78 is 5.58. The summed E-state index contributed by atoms with van der Waals surface area (Å²) >= 11 is 0. The third kappa shape index (κ3) is 3.51. The number of hydrogen-bond acceptors (Lipinski definition) is 3. The van der Waals surface area contributed by atoms with E-state index in [1.54, 1.807) is 0 Å². The molecular weight excluding hydrogens is 252 g/mol. The Morgan fingerprint density at radius 2 is 2.05 bits per heavy atom. The molecule has 2 fully saturated rings. The Morgan fingerprint density at radius 1 is 1.25 bits per heavy atom. The van der Waals surface area contributed by atoms with Gasteiger partial charge in [0.2, 0.25) is 0 Å². The van der Waals surface area contributed by atoms with E-state index in [2.05, 4.69) is 5.32 Å². The van der Waals surface area contributed by atoms with Crippen LogP contribution in [0.2, 0.25) is 0 Å². The summed E-state index contributed by atoms with van der Waals surface area (Å²) in [6.45, 7) is 2.06. The van der Waals surface area contributed by atoms with E-state index in [1.165, 1.54) is 12.8 Å². The zero-order valence-electron chi connectivity index (χ0n) is 11.8. The zero-order chi connectivity index (χ0) is 13.8. The maximum atomic E-state index is 12.4. The summed E-state index contributed by atoms with van der Waals surface area (Å²) in [5.74, 6) is 0.876. The Balaban J connectivity index is 1.52. The molecule has 1 aliphatic heterocycles. The van der Waals surface area contributed by atoms with E-state index in [-0.39, 0.29) is 12.5 Å². The molecule has 1 saturated carbocycles. The normalized spacial score (nSPS) is 21.7. The molecule has 20 heavy (non-hydrogen) atoms. The van der Waals surface area contributed by atoms with Gasteiger partial charge in [-0.2, -0.15) is 0 Å². The lowest BCUT2D eigenvalue weighted by Crippen LogP contribution is -2.44. The van der Waals surface area contributed by atoms with Crippen molar-refractivity contribution < 1.29 is 9.53 Å². The highest BCUT2D eigenvalue weighted by atomic mass is 16.5. The van der Waals surface area contributed by atoms with Gasteiger partial charge in [0.05, 0.1) is 0 Å². The molecule has 0 spiro atoms. The molecular formula is C16H22N2O2. The van der Waals surface area contributed by atoms with Crippen LogP contribution in [0.5, 0.6) is 5.75 Å². The molecule has 1 aliphatic carbocycles. The Kier molecular flexibility index (Phi) is 4.21. The Hall–Kier alpha value is -1.55. The van der Waals surface area contributed by atoms with Gasteiger partial charge >= 0.3 is 0 Å². The first-order chi connectivity index (χ1) is 9.83. The zero-order valence-corrected chi connectivity index (χ0v) is 11.8. The highest BCUT2D eigenvalue weighted by molar-refractivity contribution is 5.78. The number of carbonyl (C=O) groups is 1. The molecule has 0 aromatic heterocycles. The fourth-order valence-corrected chi connectivity index (χ4v) is 2.74. The second-order valence-electron chi connectivity index (χ2n) is 5.67. The molecule has 1 amide bonds. The van der Waals surface area contributed by atoms with Gasteiger partial charge in [0, 0.05) is 18.6 Å². The Labute approximate surface area is 120 Å². The standard InChI is InChI=1S/C16H22N2O2/c19-16(12-20-15-6-2-1-3-7-15)18(14-8-9-14)11-13-5-4-10-17-13/h1-3,6-7,13-14,17H,4-5,8-12H2/t13-/m0/s1. The van der Waals surface area contributed by atoms with Crippen molar-refractivity contribution in [3.8, 4) is 5.75 Å². The molecule has 4 heteroatoms. The van der Waals surface area contributed by atoms with Gasteiger partial charge in [0.15, 0.2) is 6.61 Å². The lowest BCUT2D eigenvalue weighted by atomic mass is 10.2. The molecule has 1 aromatic rings. The van der Waals surface area contributed by atoms with Crippen LogP contribution in [-0.2, 0) is 4.79 Å². The van der Waals surface area contributed by atoms with E-state index in [0.717, 1.165) is 31.7 Å². The van der Waals surface area contributed by atoms with Crippen LogP contribution in [0.3, 0.4) is 0 Å². The molecule has 0 radical (unpaired) electrons. The van der Waals surface area contributed by atoms with Crippen LogP contribution < -0.4 is 10.1 Å². The second-order valence-corrected chi connectivity index (χ2v) is 5.67. The predicted molar refractivity (Wildman–Crippen MR) is 77.7 cm³/mol. The van der Waals surface area contributed by atoms with E-state index >= 15 is 0 Å². The van der Waals surface area contributed by atoms with Crippen molar-refractivity contribution in [1.82, 2.24) is 10.2 Å². The van der Waals surface area contributed by atoms with Crippen molar-refractivity contribution in [2.75, 3.05) is 19.7 Å². The van der Waals surface area contributed by atoms with Crippen molar-refractivity contribution in [3.63, 3.8) is 0 Å². The first kappa shape index (κ1) is 13.4. The molecule has 1 saturated heterocycles. The van der Waals surface area contributed by atoms with Gasteiger partial charge in [-0.3, -0.25) is 4.79 Å². The summed E-state index contributed by atoms with van der Waals surface area (Å²) in [5.41, 5.74) is 0. The monoisotopic (exact) mass is 274 g/mol. The summed E-state index contributed by atoms with van der Waals surface area (Å²) in [4.78, 5) is 14.4. The van der Waals surface area contributed by atoms with Gasteiger partial charge in [-0.1, -0.05) is 18.2 Å². The van der Waals surface area contributed by atoms with E-state index in [1.807, 2.05) is 35.2 Å². The molecule has 1 heterocycles. The van der Waals surface area contributed by atoms with Crippen molar-refractivity contribution in [1.29, 1.82) is 0 Å². The van der Waals surface area contributed by atoms with Crippen LogP contribution in [0.1, 0.15) is 25.7 Å². The number of ether oxygens (including phenoxy) is 1. The maximum absolute atomic E-state index is 12.4. The lowest BCUT2D eigenvalue weighted by Gasteiger charge is -2.25. The van der Waals surface area contributed by atoms with Gasteiger partial charge in [0.1, 0.15) is 5.75 Å². The van der Waals surface area contributed by atoms with Crippen LogP contribution in [0.15, 0.2) is 30.3 Å². The van der Waals surface area contributed by atoms with E-state index in [9.17, 15) is 4.79 Å².